The Balaban J connectivity index is 2.82. The fourth-order valence-electron chi connectivity index (χ4n) is 1.14. The third kappa shape index (κ3) is 3.07. The van der Waals surface area contributed by atoms with Crippen LogP contribution < -0.4 is 15.8 Å². The van der Waals surface area contributed by atoms with E-state index >= 15 is 0 Å². The Hall–Kier alpha value is -1.33. The number of rotatable bonds is 5. The fraction of sp³-hybridized carbons (Fsp3) is 0.400. The molecule has 1 atom stereocenters. The number of hydrogen-bond acceptors (Lipinski definition) is 4. The largest absolute Gasteiger partial charge is 0.497 e. The van der Waals surface area contributed by atoms with Crippen LogP contribution in [0.4, 0.5) is 10.1 Å². The standard InChI is InChI=1S/C10H15FN2O2/c1-15-8-2-3-9(11)10(4-8)13-7(5-12)6-14/h2-4,7,13-14H,5-6,12H2,1H3. The van der Waals surface area contributed by atoms with Gasteiger partial charge in [-0.1, -0.05) is 0 Å². The first kappa shape index (κ1) is 11.7. The molecule has 1 unspecified atom stereocenters. The second-order valence-electron chi connectivity index (χ2n) is 3.11. The SMILES string of the molecule is COc1ccc(F)c(NC(CN)CO)c1. The van der Waals surface area contributed by atoms with Crippen LogP contribution in [0.1, 0.15) is 0 Å². The van der Waals surface area contributed by atoms with Gasteiger partial charge in [0.15, 0.2) is 0 Å². The Kier molecular flexibility index (Phi) is 4.33. The van der Waals surface area contributed by atoms with Gasteiger partial charge in [-0.3, -0.25) is 0 Å². The summed E-state index contributed by atoms with van der Waals surface area (Å²) in [6.07, 6.45) is 0. The maximum Gasteiger partial charge on any atom is 0.146 e. The van der Waals surface area contributed by atoms with E-state index in [0.29, 0.717) is 5.75 Å². The molecule has 1 aromatic rings. The number of nitrogens with one attached hydrogen (secondary N) is 1. The number of benzene rings is 1. The highest BCUT2D eigenvalue weighted by Gasteiger charge is 2.09. The van der Waals surface area contributed by atoms with Crippen LogP contribution in [0.25, 0.3) is 0 Å². The molecule has 4 N–H and O–H groups in total. The van der Waals surface area contributed by atoms with E-state index in [0.717, 1.165) is 0 Å². The van der Waals surface area contributed by atoms with E-state index in [-0.39, 0.29) is 24.9 Å². The molecular formula is C10H15FN2O2. The number of aliphatic hydroxyl groups excluding tert-OH is 1. The van der Waals surface area contributed by atoms with Crippen molar-refractivity contribution < 1.29 is 14.2 Å². The second kappa shape index (κ2) is 5.53. The summed E-state index contributed by atoms with van der Waals surface area (Å²) >= 11 is 0. The summed E-state index contributed by atoms with van der Waals surface area (Å²) in [4.78, 5) is 0. The van der Waals surface area contributed by atoms with Crippen molar-refractivity contribution in [3.8, 4) is 5.75 Å². The Morgan fingerprint density at radius 2 is 2.33 bits per heavy atom. The van der Waals surface area contributed by atoms with Crippen LogP contribution in [-0.2, 0) is 0 Å². The minimum Gasteiger partial charge on any atom is -0.497 e. The molecule has 0 radical (unpaired) electrons. The van der Waals surface area contributed by atoms with Crippen molar-refractivity contribution in [2.75, 3.05) is 25.6 Å². The van der Waals surface area contributed by atoms with E-state index in [4.69, 9.17) is 15.6 Å². The number of anilines is 1. The molecule has 5 heteroatoms. The molecule has 0 aliphatic heterocycles. The number of aliphatic hydroxyl groups is 1. The van der Waals surface area contributed by atoms with Crippen LogP contribution >= 0.6 is 0 Å². The highest BCUT2D eigenvalue weighted by molar-refractivity contribution is 5.50. The van der Waals surface area contributed by atoms with E-state index in [2.05, 4.69) is 5.32 Å². The van der Waals surface area contributed by atoms with Gasteiger partial charge in [-0.25, -0.2) is 4.39 Å². The van der Waals surface area contributed by atoms with Crippen LogP contribution in [0.15, 0.2) is 18.2 Å². The van der Waals surface area contributed by atoms with Crippen LogP contribution in [0.5, 0.6) is 5.75 Å². The maximum atomic E-state index is 13.3. The molecule has 84 valence electrons. The molecule has 0 saturated heterocycles. The lowest BCUT2D eigenvalue weighted by Crippen LogP contribution is -2.32. The summed E-state index contributed by atoms with van der Waals surface area (Å²) in [7, 11) is 1.50. The number of nitrogens with two attached hydrogens (primary N) is 1. The topological polar surface area (TPSA) is 67.5 Å². The average molecular weight is 214 g/mol. The summed E-state index contributed by atoms with van der Waals surface area (Å²) in [5, 5.41) is 11.7. The lowest BCUT2D eigenvalue weighted by atomic mass is 10.2. The van der Waals surface area contributed by atoms with Gasteiger partial charge >= 0.3 is 0 Å². The summed E-state index contributed by atoms with van der Waals surface area (Å²) in [5.74, 6) is 0.148. The number of hydrogen-bond donors (Lipinski definition) is 3. The van der Waals surface area contributed by atoms with Crippen molar-refractivity contribution in [2.24, 2.45) is 5.73 Å². The minimum atomic E-state index is -0.400. The van der Waals surface area contributed by atoms with Gasteiger partial charge in [-0.15, -0.1) is 0 Å². The molecule has 0 aliphatic rings. The molecule has 0 amide bonds. The first-order chi connectivity index (χ1) is 7.21. The Bertz CT molecular complexity index is 316. The predicted octanol–water partition coefficient (Wildman–Crippen LogP) is 0.566. The molecule has 15 heavy (non-hydrogen) atoms. The van der Waals surface area contributed by atoms with Crippen molar-refractivity contribution in [3.63, 3.8) is 0 Å². The molecule has 0 heterocycles. The quantitative estimate of drug-likeness (QED) is 0.670. The van der Waals surface area contributed by atoms with Crippen molar-refractivity contribution >= 4 is 5.69 Å². The number of ether oxygens (including phenoxy) is 1. The summed E-state index contributed by atoms with van der Waals surface area (Å²) in [6, 6.07) is 3.99. The molecule has 4 nitrogen and oxygen atoms in total. The van der Waals surface area contributed by atoms with E-state index in [1.165, 1.54) is 25.3 Å². The second-order valence-corrected chi connectivity index (χ2v) is 3.11. The van der Waals surface area contributed by atoms with Crippen LogP contribution in [0.3, 0.4) is 0 Å². The van der Waals surface area contributed by atoms with E-state index in [1.807, 2.05) is 0 Å². The van der Waals surface area contributed by atoms with Gasteiger partial charge in [0.25, 0.3) is 0 Å². The third-order valence-corrected chi connectivity index (χ3v) is 2.04. The zero-order chi connectivity index (χ0) is 11.3. The Morgan fingerprint density at radius 1 is 1.60 bits per heavy atom. The van der Waals surface area contributed by atoms with Crippen molar-refractivity contribution in [1.82, 2.24) is 0 Å². The first-order valence-electron chi connectivity index (χ1n) is 4.62. The van der Waals surface area contributed by atoms with Crippen LogP contribution in [0, 0.1) is 5.82 Å². The minimum absolute atomic E-state index is 0.146. The highest BCUT2D eigenvalue weighted by atomic mass is 19.1. The van der Waals surface area contributed by atoms with Gasteiger partial charge in [0.2, 0.25) is 0 Å². The molecule has 0 fully saturated rings. The average Bonchev–Trinajstić information content (AvgIpc) is 2.28. The van der Waals surface area contributed by atoms with Gasteiger partial charge in [-0.2, -0.15) is 0 Å². The normalized spacial score (nSPS) is 12.3. The smallest absolute Gasteiger partial charge is 0.146 e. The predicted molar refractivity (Wildman–Crippen MR) is 56.5 cm³/mol. The lowest BCUT2D eigenvalue weighted by Gasteiger charge is -2.16. The molecule has 0 spiro atoms. The summed E-state index contributed by atoms with van der Waals surface area (Å²) in [6.45, 7) is 0.0836. The van der Waals surface area contributed by atoms with Crippen molar-refractivity contribution in [2.45, 2.75) is 6.04 Å². The maximum absolute atomic E-state index is 13.3. The molecule has 1 rings (SSSR count). The summed E-state index contributed by atoms with van der Waals surface area (Å²) < 4.78 is 18.3. The number of methoxy groups -OCH3 is 1. The Morgan fingerprint density at radius 3 is 2.87 bits per heavy atom. The van der Waals surface area contributed by atoms with E-state index in [9.17, 15) is 4.39 Å². The van der Waals surface area contributed by atoms with Gasteiger partial charge in [0.05, 0.1) is 25.4 Å². The lowest BCUT2D eigenvalue weighted by molar-refractivity contribution is 0.276. The zero-order valence-electron chi connectivity index (χ0n) is 8.53. The fourth-order valence-corrected chi connectivity index (χ4v) is 1.14. The van der Waals surface area contributed by atoms with Crippen LogP contribution in [0.2, 0.25) is 0 Å². The monoisotopic (exact) mass is 214 g/mol. The zero-order valence-corrected chi connectivity index (χ0v) is 8.53. The van der Waals surface area contributed by atoms with E-state index in [1.54, 1.807) is 0 Å². The van der Waals surface area contributed by atoms with Gasteiger partial charge in [-0.05, 0) is 12.1 Å². The first-order valence-corrected chi connectivity index (χ1v) is 4.62. The van der Waals surface area contributed by atoms with Crippen molar-refractivity contribution in [3.05, 3.63) is 24.0 Å². The van der Waals surface area contributed by atoms with Gasteiger partial charge in [0.1, 0.15) is 11.6 Å². The number of halogens is 1. The van der Waals surface area contributed by atoms with Crippen molar-refractivity contribution in [1.29, 1.82) is 0 Å². The molecule has 0 saturated carbocycles. The molecule has 0 bridgehead atoms. The third-order valence-electron chi connectivity index (χ3n) is 2.04. The summed E-state index contributed by atoms with van der Waals surface area (Å²) in [5.41, 5.74) is 5.65. The molecule has 0 aromatic heterocycles. The van der Waals surface area contributed by atoms with Gasteiger partial charge < -0.3 is 20.9 Å². The van der Waals surface area contributed by atoms with Crippen LogP contribution in [-0.4, -0.2) is 31.4 Å². The van der Waals surface area contributed by atoms with E-state index < -0.39 is 5.82 Å². The van der Waals surface area contributed by atoms with Gasteiger partial charge in [0, 0.05) is 12.6 Å². The molecule has 0 aliphatic carbocycles. The molecule has 1 aromatic carbocycles. The highest BCUT2D eigenvalue weighted by Crippen LogP contribution is 2.21. The Labute approximate surface area is 87.9 Å². The molecular weight excluding hydrogens is 199 g/mol.